The second kappa shape index (κ2) is 8.95. The van der Waals surface area contributed by atoms with Gasteiger partial charge in [0.15, 0.2) is 5.58 Å². The van der Waals surface area contributed by atoms with Crippen molar-refractivity contribution in [3.8, 4) is 11.5 Å². The van der Waals surface area contributed by atoms with E-state index in [-0.39, 0.29) is 6.54 Å². The number of aliphatic imine (C=N–C) groups is 1. The van der Waals surface area contributed by atoms with Crippen molar-refractivity contribution >= 4 is 34.3 Å². The highest BCUT2D eigenvalue weighted by Crippen LogP contribution is 2.44. The Labute approximate surface area is 220 Å². The van der Waals surface area contributed by atoms with E-state index in [1.165, 1.54) is 4.90 Å². The average Bonchev–Trinajstić information content (AvgIpc) is 3.54. The van der Waals surface area contributed by atoms with Crippen LogP contribution in [0, 0.1) is 0 Å². The smallest absolute Gasteiger partial charge is 0.417 e. The molecule has 10 heteroatoms. The highest BCUT2D eigenvalue weighted by molar-refractivity contribution is 6.30. The van der Waals surface area contributed by atoms with Gasteiger partial charge in [0.2, 0.25) is 0 Å². The third-order valence-corrected chi connectivity index (χ3v) is 6.73. The zero-order valence-corrected chi connectivity index (χ0v) is 20.8. The molecule has 0 radical (unpaired) electrons. The molecule has 0 spiro atoms. The zero-order chi connectivity index (χ0) is 26.6. The number of alkyl halides is 2. The predicted molar refractivity (Wildman–Crippen MR) is 138 cm³/mol. The first-order valence-electron chi connectivity index (χ1n) is 11.8. The van der Waals surface area contributed by atoms with E-state index >= 15 is 0 Å². The third-order valence-electron chi connectivity index (χ3n) is 6.47. The first kappa shape index (κ1) is 24.1. The van der Waals surface area contributed by atoms with Crippen LogP contribution in [0.1, 0.15) is 24.1 Å². The SMILES string of the molecule is CC(F)(F)CN1C(=O)C2=C(C(c3cccc4[nH]c(=O)oc34)=NC2)C1c1ccc(Oc2ccc(Cl)cc2)cc1. The molecule has 6 rings (SSSR count). The number of H-pyrrole nitrogens is 1. The monoisotopic (exact) mass is 535 g/mol. The Hall–Kier alpha value is -4.24. The van der Waals surface area contributed by atoms with Crippen molar-refractivity contribution in [2.75, 3.05) is 13.1 Å². The van der Waals surface area contributed by atoms with E-state index in [1.807, 2.05) is 0 Å². The van der Waals surface area contributed by atoms with Crippen molar-refractivity contribution in [1.29, 1.82) is 0 Å². The van der Waals surface area contributed by atoms with Crippen LogP contribution in [-0.4, -0.2) is 40.5 Å². The molecule has 38 heavy (non-hydrogen) atoms. The first-order valence-corrected chi connectivity index (χ1v) is 12.2. The number of hydrogen-bond acceptors (Lipinski definition) is 5. The zero-order valence-electron chi connectivity index (χ0n) is 20.0. The Kier molecular flexibility index (Phi) is 5.68. The molecule has 2 aliphatic heterocycles. The van der Waals surface area contributed by atoms with Gasteiger partial charge in [0.1, 0.15) is 11.5 Å². The number of rotatable bonds is 6. The molecule has 3 aromatic carbocycles. The number of aromatic nitrogens is 1. The number of halogens is 3. The molecule has 1 unspecified atom stereocenters. The number of ether oxygens (including phenoxy) is 1. The van der Waals surface area contributed by atoms with Crippen molar-refractivity contribution in [3.63, 3.8) is 0 Å². The number of nitrogens with one attached hydrogen (secondary N) is 1. The maximum absolute atomic E-state index is 14.3. The van der Waals surface area contributed by atoms with Crippen LogP contribution in [0.4, 0.5) is 8.78 Å². The summed E-state index contributed by atoms with van der Waals surface area (Å²) in [4.78, 5) is 33.6. The topological polar surface area (TPSA) is 87.9 Å². The van der Waals surface area contributed by atoms with Crippen LogP contribution in [-0.2, 0) is 4.79 Å². The normalized spacial score (nSPS) is 17.4. The molecule has 7 nitrogen and oxygen atoms in total. The molecule has 1 atom stereocenters. The highest BCUT2D eigenvalue weighted by Gasteiger charge is 2.47. The number of nitrogens with zero attached hydrogens (tertiary/aromatic N) is 2. The second-order valence-corrected chi connectivity index (χ2v) is 9.72. The summed E-state index contributed by atoms with van der Waals surface area (Å²) in [6.45, 7) is 0.0753. The minimum absolute atomic E-state index is 0.0502. The number of benzene rings is 3. The summed E-state index contributed by atoms with van der Waals surface area (Å²) in [5.41, 5.74) is 3.22. The predicted octanol–water partition coefficient (Wildman–Crippen LogP) is 5.90. The van der Waals surface area contributed by atoms with Gasteiger partial charge in [-0.2, -0.15) is 0 Å². The molecule has 4 aromatic rings. The van der Waals surface area contributed by atoms with E-state index in [0.29, 0.717) is 55.6 Å². The van der Waals surface area contributed by atoms with Crippen molar-refractivity contribution in [2.45, 2.75) is 18.9 Å². The fraction of sp³-hybridized carbons (Fsp3) is 0.179. The Morgan fingerprint density at radius 1 is 1.08 bits per heavy atom. The Balaban J connectivity index is 1.40. The lowest BCUT2D eigenvalue weighted by Crippen LogP contribution is -2.40. The summed E-state index contributed by atoms with van der Waals surface area (Å²) in [5, 5.41) is 0.583. The van der Waals surface area contributed by atoms with Gasteiger partial charge >= 0.3 is 5.76 Å². The molecule has 192 valence electrons. The van der Waals surface area contributed by atoms with Gasteiger partial charge in [0.25, 0.3) is 11.8 Å². The fourth-order valence-corrected chi connectivity index (χ4v) is 5.08. The minimum atomic E-state index is -3.12. The summed E-state index contributed by atoms with van der Waals surface area (Å²) in [6.07, 6.45) is 0. The molecule has 0 aliphatic carbocycles. The summed E-state index contributed by atoms with van der Waals surface area (Å²) >= 11 is 5.93. The first-order chi connectivity index (χ1) is 18.2. The van der Waals surface area contributed by atoms with E-state index in [0.717, 1.165) is 6.92 Å². The standard InChI is InChI=1S/C28H20ClF2N3O4/c1-28(30,31)14-34-24(15-5-9-17(10-6-15)37-18-11-7-16(29)8-12-18)22-20(26(34)35)13-32-23(22)19-3-2-4-21-25(19)38-27(36)33-21/h2-12,24H,13-14H2,1H3,(H,33,36). The number of carbonyl (C=O) groups excluding carboxylic acids is 1. The van der Waals surface area contributed by atoms with Gasteiger partial charge in [0, 0.05) is 28.7 Å². The maximum Gasteiger partial charge on any atom is 0.417 e. The molecule has 2 aliphatic rings. The largest absolute Gasteiger partial charge is 0.457 e. The van der Waals surface area contributed by atoms with Crippen molar-refractivity contribution in [1.82, 2.24) is 9.88 Å². The van der Waals surface area contributed by atoms with Gasteiger partial charge < -0.3 is 14.1 Å². The van der Waals surface area contributed by atoms with Gasteiger partial charge in [-0.3, -0.25) is 14.8 Å². The fourth-order valence-electron chi connectivity index (χ4n) is 4.95. The highest BCUT2D eigenvalue weighted by atomic mass is 35.5. The average molecular weight is 536 g/mol. The lowest BCUT2D eigenvalue weighted by Gasteiger charge is -2.30. The van der Waals surface area contributed by atoms with Crippen LogP contribution in [0.2, 0.25) is 5.02 Å². The molecular formula is C28H20ClF2N3O4. The molecule has 0 fully saturated rings. The van der Waals surface area contributed by atoms with Crippen LogP contribution in [0.15, 0.2) is 92.1 Å². The van der Waals surface area contributed by atoms with Gasteiger partial charge in [-0.05, 0) is 54.1 Å². The molecule has 0 bridgehead atoms. The Morgan fingerprint density at radius 3 is 2.45 bits per heavy atom. The number of amides is 1. The van der Waals surface area contributed by atoms with Crippen molar-refractivity contribution in [2.24, 2.45) is 4.99 Å². The summed E-state index contributed by atoms with van der Waals surface area (Å²) < 4.78 is 39.7. The van der Waals surface area contributed by atoms with Crippen molar-refractivity contribution < 1.29 is 22.7 Å². The van der Waals surface area contributed by atoms with Gasteiger partial charge in [-0.25, -0.2) is 13.6 Å². The molecule has 0 saturated heterocycles. The van der Waals surface area contributed by atoms with Crippen LogP contribution >= 0.6 is 11.6 Å². The summed E-state index contributed by atoms with van der Waals surface area (Å²) in [6, 6.07) is 18.1. The number of oxazole rings is 1. The van der Waals surface area contributed by atoms with Gasteiger partial charge in [-0.15, -0.1) is 0 Å². The van der Waals surface area contributed by atoms with Crippen molar-refractivity contribution in [3.05, 3.63) is 105 Å². The minimum Gasteiger partial charge on any atom is -0.457 e. The van der Waals surface area contributed by atoms with E-state index in [2.05, 4.69) is 9.98 Å². The number of fused-ring (bicyclic) bond motifs is 1. The second-order valence-electron chi connectivity index (χ2n) is 9.28. The lowest BCUT2D eigenvalue weighted by atomic mass is 9.91. The van der Waals surface area contributed by atoms with E-state index in [4.69, 9.17) is 20.8 Å². The number of aromatic amines is 1. The van der Waals surface area contributed by atoms with E-state index < -0.39 is 30.2 Å². The summed E-state index contributed by atoms with van der Waals surface area (Å²) in [5.74, 6) is -3.11. The summed E-state index contributed by atoms with van der Waals surface area (Å²) in [7, 11) is 0. The molecule has 1 amide bonds. The Bertz CT molecular complexity index is 1680. The van der Waals surface area contributed by atoms with Crippen LogP contribution in [0.5, 0.6) is 11.5 Å². The molecule has 3 heterocycles. The van der Waals surface area contributed by atoms with E-state index in [9.17, 15) is 18.4 Å². The van der Waals surface area contributed by atoms with Gasteiger partial charge in [-0.1, -0.05) is 29.8 Å². The molecule has 0 saturated carbocycles. The molecule has 1 aromatic heterocycles. The Morgan fingerprint density at radius 2 is 1.76 bits per heavy atom. The quantitative estimate of drug-likeness (QED) is 0.333. The molecule has 1 N–H and O–H groups in total. The van der Waals surface area contributed by atoms with E-state index in [1.54, 1.807) is 66.7 Å². The maximum atomic E-state index is 14.3. The number of hydrogen-bond donors (Lipinski definition) is 1. The van der Waals surface area contributed by atoms with Crippen LogP contribution < -0.4 is 10.5 Å². The lowest BCUT2D eigenvalue weighted by molar-refractivity contribution is -0.132. The van der Waals surface area contributed by atoms with Crippen LogP contribution in [0.3, 0.4) is 0 Å². The molecular weight excluding hydrogens is 516 g/mol. The van der Waals surface area contributed by atoms with Crippen LogP contribution in [0.25, 0.3) is 11.1 Å². The van der Waals surface area contributed by atoms with Gasteiger partial charge in [0.05, 0.1) is 30.4 Å². The number of para-hydroxylation sites is 1. The number of carbonyl (C=O) groups is 1. The third kappa shape index (κ3) is 4.28.